The summed E-state index contributed by atoms with van der Waals surface area (Å²) in [6.07, 6.45) is 1.58. The summed E-state index contributed by atoms with van der Waals surface area (Å²) in [4.78, 5) is 22.3. The van der Waals surface area contributed by atoms with Crippen LogP contribution in [0.5, 0.6) is 0 Å². The predicted molar refractivity (Wildman–Crippen MR) is 45.9 cm³/mol. The van der Waals surface area contributed by atoms with E-state index < -0.39 is 18.0 Å². The summed E-state index contributed by atoms with van der Waals surface area (Å²) >= 11 is 0. The number of carboxylic acids is 1. The number of aliphatic carboxylic acids is 1. The molecule has 14 heavy (non-hydrogen) atoms. The van der Waals surface area contributed by atoms with Gasteiger partial charge in [0.2, 0.25) is 5.95 Å². The molecule has 1 aromatic rings. The number of nitrogens with zero attached hydrogens (tertiary/aromatic N) is 1. The third kappa shape index (κ3) is 5.78. The molecule has 1 aromatic heterocycles. The van der Waals surface area contributed by atoms with Gasteiger partial charge in [-0.3, -0.25) is 4.79 Å². The van der Waals surface area contributed by atoms with Crippen molar-refractivity contribution in [1.82, 2.24) is 4.98 Å². The van der Waals surface area contributed by atoms with Crippen LogP contribution in [0.4, 0.5) is 4.39 Å². The van der Waals surface area contributed by atoms with Crippen LogP contribution in [0, 0.1) is 5.95 Å². The summed E-state index contributed by atoms with van der Waals surface area (Å²) < 4.78 is 11.8. The molecule has 0 spiro atoms. The van der Waals surface area contributed by atoms with Gasteiger partial charge in [-0.15, -0.1) is 0 Å². The van der Waals surface area contributed by atoms with Crippen molar-refractivity contribution in [1.29, 1.82) is 0 Å². The van der Waals surface area contributed by atoms with Crippen LogP contribution in [0.1, 0.15) is 0 Å². The number of hydrogen-bond donors (Lipinski definition) is 2. The molecule has 0 amide bonds. The monoisotopic (exact) mass is 200 g/mol. The molecule has 0 bridgehead atoms. The predicted octanol–water partition coefficient (Wildman–Crippen LogP) is -0.182. The topological polar surface area (TPSA) is 93.3 Å². The zero-order valence-electron chi connectivity index (χ0n) is 7.13. The Bertz CT molecular complexity index is 292. The number of hydrogen-bond acceptors (Lipinski definition) is 4. The Kier molecular flexibility index (Phi) is 5.80. The molecule has 0 saturated heterocycles. The summed E-state index contributed by atoms with van der Waals surface area (Å²) in [5, 5.41) is 7.83. The number of pyridine rings is 1. The first-order valence-corrected chi connectivity index (χ1v) is 3.58. The van der Waals surface area contributed by atoms with E-state index in [0.717, 1.165) is 0 Å². The van der Waals surface area contributed by atoms with Gasteiger partial charge in [-0.1, -0.05) is 6.07 Å². The quantitative estimate of drug-likeness (QED) is 0.392. The molecule has 6 heteroatoms. The zero-order valence-corrected chi connectivity index (χ0v) is 7.13. The fourth-order valence-electron chi connectivity index (χ4n) is 0.400. The van der Waals surface area contributed by atoms with Crippen LogP contribution in [-0.2, 0) is 9.59 Å². The van der Waals surface area contributed by atoms with Gasteiger partial charge in [0.05, 0.1) is 0 Å². The number of nitrogens with two attached hydrogens (primary N) is 1. The third-order valence-corrected chi connectivity index (χ3v) is 1.06. The molecule has 3 N–H and O–H groups in total. The average molecular weight is 200 g/mol. The summed E-state index contributed by atoms with van der Waals surface area (Å²) in [7, 11) is 0. The maximum absolute atomic E-state index is 11.8. The van der Waals surface area contributed by atoms with E-state index in [9.17, 15) is 14.0 Å². The Labute approximate surface area is 79.4 Å². The Hall–Kier alpha value is -1.82. The van der Waals surface area contributed by atoms with Crippen LogP contribution in [-0.4, -0.2) is 28.4 Å². The molecule has 1 rings (SSSR count). The van der Waals surface area contributed by atoms with Gasteiger partial charge in [0.1, 0.15) is 6.29 Å². The highest BCUT2D eigenvalue weighted by atomic mass is 19.1. The van der Waals surface area contributed by atoms with E-state index in [0.29, 0.717) is 0 Å². The number of aromatic nitrogens is 1. The van der Waals surface area contributed by atoms with E-state index >= 15 is 0 Å². The van der Waals surface area contributed by atoms with Crippen molar-refractivity contribution >= 4 is 12.3 Å². The van der Waals surface area contributed by atoms with E-state index in [1.807, 2.05) is 0 Å². The average Bonchev–Trinajstić information content (AvgIpc) is 2.18. The van der Waals surface area contributed by atoms with Crippen LogP contribution in [0.3, 0.4) is 0 Å². The highest BCUT2D eigenvalue weighted by Crippen LogP contribution is 1.85. The summed E-state index contributed by atoms with van der Waals surface area (Å²) in [5.41, 5.74) is 4.65. The lowest BCUT2D eigenvalue weighted by Gasteiger charge is -1.89. The molecule has 0 aromatic carbocycles. The smallest absolute Gasteiger partial charge is 0.327 e. The lowest BCUT2D eigenvalue weighted by Crippen LogP contribution is -2.31. The van der Waals surface area contributed by atoms with Gasteiger partial charge < -0.3 is 15.6 Å². The van der Waals surface area contributed by atoms with Gasteiger partial charge in [-0.2, -0.15) is 4.39 Å². The number of aldehydes is 1. The molecular formula is C8H9FN2O3. The van der Waals surface area contributed by atoms with Gasteiger partial charge in [-0.05, 0) is 12.1 Å². The number of carbonyl (C=O) groups excluding carboxylic acids is 1. The Morgan fingerprint density at radius 3 is 2.43 bits per heavy atom. The first-order valence-electron chi connectivity index (χ1n) is 3.58. The van der Waals surface area contributed by atoms with Crippen molar-refractivity contribution in [3.05, 3.63) is 30.3 Å². The van der Waals surface area contributed by atoms with Gasteiger partial charge in [0.25, 0.3) is 0 Å². The minimum atomic E-state index is -1.36. The zero-order chi connectivity index (χ0) is 11.0. The first-order chi connectivity index (χ1) is 6.57. The maximum Gasteiger partial charge on any atom is 0.327 e. The van der Waals surface area contributed by atoms with Crippen molar-refractivity contribution in [3.8, 4) is 0 Å². The van der Waals surface area contributed by atoms with Crippen molar-refractivity contribution in [3.63, 3.8) is 0 Å². The lowest BCUT2D eigenvalue weighted by atomic mass is 10.4. The van der Waals surface area contributed by atoms with E-state index in [2.05, 4.69) is 10.7 Å². The molecule has 1 atom stereocenters. The SMILES string of the molecule is Fc1ccccn1.NC(C=O)C(=O)O. The largest absolute Gasteiger partial charge is 0.480 e. The van der Waals surface area contributed by atoms with Crippen LogP contribution >= 0.6 is 0 Å². The Morgan fingerprint density at radius 1 is 1.64 bits per heavy atom. The van der Waals surface area contributed by atoms with Crippen molar-refractivity contribution < 1.29 is 19.1 Å². The van der Waals surface area contributed by atoms with Crippen LogP contribution in [0.25, 0.3) is 0 Å². The second-order valence-corrected chi connectivity index (χ2v) is 2.15. The van der Waals surface area contributed by atoms with E-state index in [1.165, 1.54) is 12.3 Å². The molecule has 0 aliphatic rings. The minimum absolute atomic E-state index is 0.169. The van der Waals surface area contributed by atoms with E-state index in [-0.39, 0.29) is 6.29 Å². The Morgan fingerprint density at radius 2 is 2.29 bits per heavy atom. The molecule has 76 valence electrons. The lowest BCUT2D eigenvalue weighted by molar-refractivity contribution is -0.139. The highest BCUT2D eigenvalue weighted by molar-refractivity contribution is 5.90. The number of rotatable bonds is 2. The van der Waals surface area contributed by atoms with Crippen LogP contribution in [0.15, 0.2) is 24.4 Å². The van der Waals surface area contributed by atoms with Gasteiger partial charge >= 0.3 is 5.97 Å². The minimum Gasteiger partial charge on any atom is -0.480 e. The van der Waals surface area contributed by atoms with E-state index in [4.69, 9.17) is 5.11 Å². The third-order valence-electron chi connectivity index (χ3n) is 1.06. The van der Waals surface area contributed by atoms with Gasteiger partial charge in [0.15, 0.2) is 6.04 Å². The standard InChI is InChI=1S/C5H4FN.C3H5NO3/c6-5-3-1-2-4-7-5;4-2(1-5)3(6)7/h1-4H;1-2H,4H2,(H,6,7). The van der Waals surface area contributed by atoms with E-state index in [1.54, 1.807) is 12.1 Å². The number of carbonyl (C=O) groups is 2. The summed E-state index contributed by atoms with van der Waals surface area (Å²) in [6, 6.07) is 3.21. The fourth-order valence-corrected chi connectivity index (χ4v) is 0.400. The fraction of sp³-hybridized carbons (Fsp3) is 0.125. The molecule has 0 aliphatic heterocycles. The normalized spacial score (nSPS) is 10.7. The summed E-state index contributed by atoms with van der Waals surface area (Å²) in [6.45, 7) is 0. The van der Waals surface area contributed by atoms with Crippen LogP contribution in [0.2, 0.25) is 0 Å². The maximum atomic E-state index is 11.8. The summed E-state index contributed by atoms with van der Waals surface area (Å²) in [5.74, 6) is -1.72. The molecule has 1 heterocycles. The van der Waals surface area contributed by atoms with Crippen LogP contribution < -0.4 is 5.73 Å². The number of carboxylic acid groups (broad SMARTS) is 1. The first kappa shape index (κ1) is 12.2. The molecule has 0 fully saturated rings. The van der Waals surface area contributed by atoms with Crippen molar-refractivity contribution in [2.45, 2.75) is 6.04 Å². The molecule has 0 aliphatic carbocycles. The van der Waals surface area contributed by atoms with Crippen molar-refractivity contribution in [2.75, 3.05) is 0 Å². The molecule has 5 nitrogen and oxygen atoms in total. The molecule has 1 unspecified atom stereocenters. The number of halogens is 1. The molecular weight excluding hydrogens is 191 g/mol. The van der Waals surface area contributed by atoms with Crippen molar-refractivity contribution in [2.24, 2.45) is 5.73 Å². The second kappa shape index (κ2) is 6.67. The molecule has 0 radical (unpaired) electrons. The van der Waals surface area contributed by atoms with Gasteiger partial charge in [-0.25, -0.2) is 4.98 Å². The highest BCUT2D eigenvalue weighted by Gasteiger charge is 2.06. The van der Waals surface area contributed by atoms with Gasteiger partial charge in [0, 0.05) is 6.20 Å². The Balaban J connectivity index is 0.000000241. The second-order valence-electron chi connectivity index (χ2n) is 2.15. The molecule has 0 saturated carbocycles.